The van der Waals surface area contributed by atoms with E-state index in [1.54, 1.807) is 11.3 Å². The maximum atomic E-state index is 11.4. The minimum atomic E-state index is -0.962. The zero-order valence-corrected chi connectivity index (χ0v) is 8.72. The Bertz CT molecular complexity index is 330. The summed E-state index contributed by atoms with van der Waals surface area (Å²) in [5.41, 5.74) is 1.37. The fraction of sp³-hybridized carbons (Fsp3) is 0.500. The van der Waals surface area contributed by atoms with Crippen LogP contribution in [0.4, 0.5) is 0 Å². The molecular formula is C8H11NOS2. The molecule has 2 heterocycles. The van der Waals surface area contributed by atoms with E-state index in [1.807, 2.05) is 5.38 Å². The van der Waals surface area contributed by atoms with Crippen molar-refractivity contribution in [1.29, 1.82) is 0 Å². The molecule has 0 saturated carbocycles. The van der Waals surface area contributed by atoms with Gasteiger partial charge in [-0.15, -0.1) is 11.3 Å². The van der Waals surface area contributed by atoms with Gasteiger partial charge in [-0.25, -0.2) is 8.93 Å². The molecule has 66 valence electrons. The largest absolute Gasteiger partial charge is 0.237 e. The first-order chi connectivity index (χ1) is 5.61. The third kappa shape index (κ3) is 1.14. The predicted octanol–water partition coefficient (Wildman–Crippen LogP) is 1.65. The van der Waals surface area contributed by atoms with Gasteiger partial charge in [0.2, 0.25) is 0 Å². The number of nitrogens with one attached hydrogen (secondary N) is 1. The van der Waals surface area contributed by atoms with E-state index < -0.39 is 11.0 Å². The van der Waals surface area contributed by atoms with E-state index in [1.165, 1.54) is 5.56 Å². The third-order valence-corrected chi connectivity index (χ3v) is 4.58. The van der Waals surface area contributed by atoms with Crippen LogP contribution < -0.4 is 4.72 Å². The van der Waals surface area contributed by atoms with Gasteiger partial charge in [0.15, 0.2) is 0 Å². The number of fused-ring (bicyclic) bond motifs is 1. The van der Waals surface area contributed by atoms with Crippen LogP contribution in [0.25, 0.3) is 0 Å². The van der Waals surface area contributed by atoms with Gasteiger partial charge < -0.3 is 0 Å². The lowest BCUT2D eigenvalue weighted by Gasteiger charge is -2.29. The van der Waals surface area contributed by atoms with Gasteiger partial charge in [0.1, 0.15) is 15.2 Å². The maximum Gasteiger partial charge on any atom is 0.135 e. The number of hydrogen-bond acceptors (Lipinski definition) is 2. The molecule has 0 bridgehead atoms. The second kappa shape index (κ2) is 2.65. The summed E-state index contributed by atoms with van der Waals surface area (Å²) in [5.74, 6) is 0. The molecule has 1 unspecified atom stereocenters. The summed E-state index contributed by atoms with van der Waals surface area (Å²) >= 11 is 1.57. The average Bonchev–Trinajstić information content (AvgIpc) is 2.46. The molecule has 0 aromatic carbocycles. The highest BCUT2D eigenvalue weighted by atomic mass is 32.2. The molecule has 0 saturated heterocycles. The van der Waals surface area contributed by atoms with E-state index in [-0.39, 0.29) is 5.41 Å². The number of thiophene rings is 1. The maximum absolute atomic E-state index is 11.4. The molecule has 2 rings (SSSR count). The van der Waals surface area contributed by atoms with E-state index in [2.05, 4.69) is 24.6 Å². The fourth-order valence-electron chi connectivity index (χ4n) is 1.35. The van der Waals surface area contributed by atoms with Crippen LogP contribution in [-0.4, -0.2) is 10.8 Å². The lowest BCUT2D eigenvalue weighted by Crippen LogP contribution is -2.39. The van der Waals surface area contributed by atoms with Crippen LogP contribution in [0, 0.1) is 0 Å². The summed E-state index contributed by atoms with van der Waals surface area (Å²) in [6.07, 6.45) is 0. The summed E-state index contributed by atoms with van der Waals surface area (Å²) in [6.45, 7) is 5.13. The molecule has 1 aliphatic heterocycles. The highest BCUT2D eigenvalue weighted by Crippen LogP contribution is 2.34. The summed E-state index contributed by atoms with van der Waals surface area (Å²) in [7, 11) is -0.962. The molecule has 1 aromatic heterocycles. The Labute approximate surface area is 78.6 Å². The minimum Gasteiger partial charge on any atom is -0.237 e. The van der Waals surface area contributed by atoms with E-state index in [0.29, 0.717) is 0 Å². The van der Waals surface area contributed by atoms with Gasteiger partial charge >= 0.3 is 0 Å². The van der Waals surface area contributed by atoms with Crippen molar-refractivity contribution < 1.29 is 4.21 Å². The molecule has 0 spiro atoms. The molecular weight excluding hydrogens is 190 g/mol. The molecule has 0 amide bonds. The zero-order valence-electron chi connectivity index (χ0n) is 7.09. The quantitative estimate of drug-likeness (QED) is 0.679. The molecule has 4 heteroatoms. The van der Waals surface area contributed by atoms with Crippen LogP contribution >= 0.6 is 11.3 Å². The number of rotatable bonds is 0. The normalized spacial score (nSPS) is 26.7. The monoisotopic (exact) mass is 201 g/mol. The Kier molecular flexibility index (Phi) is 1.86. The molecule has 2 nitrogen and oxygen atoms in total. The van der Waals surface area contributed by atoms with Gasteiger partial charge in [-0.3, -0.25) is 0 Å². The highest BCUT2D eigenvalue weighted by molar-refractivity contribution is 7.85. The molecule has 1 atom stereocenters. The molecule has 1 N–H and O–H groups in total. The van der Waals surface area contributed by atoms with Crippen LogP contribution in [0.2, 0.25) is 0 Å². The summed E-state index contributed by atoms with van der Waals surface area (Å²) in [6, 6.07) is 2.08. The first-order valence-electron chi connectivity index (χ1n) is 3.84. The molecule has 0 aliphatic carbocycles. The zero-order chi connectivity index (χ0) is 8.77. The van der Waals surface area contributed by atoms with E-state index in [0.717, 1.165) is 10.8 Å². The van der Waals surface area contributed by atoms with Crippen molar-refractivity contribution >= 4 is 22.3 Å². The van der Waals surface area contributed by atoms with Crippen LogP contribution in [0.15, 0.2) is 15.7 Å². The van der Waals surface area contributed by atoms with Crippen LogP contribution in [-0.2, 0) is 16.4 Å². The lowest BCUT2D eigenvalue weighted by molar-refractivity contribution is 0.497. The molecule has 1 aliphatic rings. The van der Waals surface area contributed by atoms with Gasteiger partial charge in [-0.05, 0) is 17.0 Å². The van der Waals surface area contributed by atoms with Crippen molar-refractivity contribution in [1.82, 2.24) is 4.72 Å². The second-order valence-corrected chi connectivity index (χ2v) is 6.00. The summed E-state index contributed by atoms with van der Waals surface area (Å²) in [4.78, 5) is 0. The van der Waals surface area contributed by atoms with Crippen molar-refractivity contribution in [3.05, 3.63) is 17.0 Å². The Balaban J connectivity index is 2.57. The Morgan fingerprint density at radius 2 is 2.42 bits per heavy atom. The molecule has 0 fully saturated rings. The third-order valence-electron chi connectivity index (χ3n) is 2.17. The standard InChI is InChI=1S/C8H11NOS2/c1-8(2)5-9-12(10)7-6(8)3-4-11-7/h3-4,9H,5H2,1-2H3. The molecule has 12 heavy (non-hydrogen) atoms. The van der Waals surface area contributed by atoms with Crippen molar-refractivity contribution in [3.8, 4) is 0 Å². The van der Waals surface area contributed by atoms with Crippen LogP contribution in [0.1, 0.15) is 19.4 Å². The minimum absolute atomic E-state index is 0.128. The fourth-order valence-corrected chi connectivity index (χ4v) is 4.01. The van der Waals surface area contributed by atoms with Crippen molar-refractivity contribution in [3.63, 3.8) is 0 Å². The first-order valence-corrected chi connectivity index (χ1v) is 5.87. The van der Waals surface area contributed by atoms with Crippen LogP contribution in [0.5, 0.6) is 0 Å². The van der Waals surface area contributed by atoms with Crippen molar-refractivity contribution in [2.45, 2.75) is 23.5 Å². The van der Waals surface area contributed by atoms with Gasteiger partial charge in [0.05, 0.1) is 0 Å². The lowest BCUT2D eigenvalue weighted by atomic mass is 9.87. The van der Waals surface area contributed by atoms with Gasteiger partial charge in [-0.2, -0.15) is 0 Å². The summed E-state index contributed by atoms with van der Waals surface area (Å²) in [5, 5.41) is 2.01. The van der Waals surface area contributed by atoms with Crippen molar-refractivity contribution in [2.75, 3.05) is 6.54 Å². The predicted molar refractivity (Wildman–Crippen MR) is 51.8 cm³/mol. The van der Waals surface area contributed by atoms with Gasteiger partial charge in [0, 0.05) is 12.0 Å². The van der Waals surface area contributed by atoms with Crippen LogP contribution in [0.3, 0.4) is 0 Å². The average molecular weight is 201 g/mol. The highest BCUT2D eigenvalue weighted by Gasteiger charge is 2.31. The number of hydrogen-bond donors (Lipinski definition) is 1. The van der Waals surface area contributed by atoms with E-state index >= 15 is 0 Å². The van der Waals surface area contributed by atoms with Crippen molar-refractivity contribution in [2.24, 2.45) is 0 Å². The SMILES string of the molecule is CC1(C)CNS(=O)c2sccc21. The van der Waals surface area contributed by atoms with Gasteiger partial charge in [0.25, 0.3) is 0 Å². The topological polar surface area (TPSA) is 29.1 Å². The Morgan fingerprint density at radius 1 is 1.67 bits per heavy atom. The molecule has 0 radical (unpaired) electrons. The Morgan fingerprint density at radius 3 is 3.08 bits per heavy atom. The van der Waals surface area contributed by atoms with Gasteiger partial charge in [-0.1, -0.05) is 13.8 Å². The smallest absolute Gasteiger partial charge is 0.135 e. The molecule has 1 aromatic rings. The summed E-state index contributed by atoms with van der Waals surface area (Å²) < 4.78 is 15.4. The first kappa shape index (κ1) is 8.41. The Hall–Kier alpha value is -0.190. The van der Waals surface area contributed by atoms with E-state index in [4.69, 9.17) is 0 Å². The second-order valence-electron chi connectivity index (χ2n) is 3.60. The van der Waals surface area contributed by atoms with E-state index in [9.17, 15) is 4.21 Å².